The van der Waals surface area contributed by atoms with Crippen LogP contribution in [0.5, 0.6) is 0 Å². The minimum Gasteiger partial charge on any atom is -0.354 e. The molecule has 0 atom stereocenters. The van der Waals surface area contributed by atoms with E-state index in [-0.39, 0.29) is 0 Å². The Bertz CT molecular complexity index is 618. The Balaban J connectivity index is 2.01. The van der Waals surface area contributed by atoms with Crippen molar-refractivity contribution in [2.24, 2.45) is 0 Å². The standard InChI is InChI=1S/C18H24N4/c1-3-17-16(13-15-7-5-4-6-8-15)18(21-14(2)20-17)22-11-9-19-10-12-22/h4-8,19H,3,9-13H2,1-2H3. The van der Waals surface area contributed by atoms with Gasteiger partial charge in [-0.15, -0.1) is 0 Å². The maximum absolute atomic E-state index is 4.79. The number of hydrogen-bond donors (Lipinski definition) is 1. The zero-order chi connectivity index (χ0) is 15.4. The molecule has 1 fully saturated rings. The Kier molecular flexibility index (Phi) is 4.68. The minimum atomic E-state index is 0.877. The van der Waals surface area contributed by atoms with Crippen LogP contribution in [0, 0.1) is 6.92 Å². The lowest BCUT2D eigenvalue weighted by atomic mass is 10.0. The highest BCUT2D eigenvalue weighted by Crippen LogP contribution is 2.25. The van der Waals surface area contributed by atoms with Gasteiger partial charge < -0.3 is 10.2 Å². The van der Waals surface area contributed by atoms with Gasteiger partial charge in [-0.3, -0.25) is 0 Å². The molecular formula is C18H24N4. The van der Waals surface area contributed by atoms with E-state index < -0.39 is 0 Å². The number of hydrogen-bond acceptors (Lipinski definition) is 4. The summed E-state index contributed by atoms with van der Waals surface area (Å²) in [5.41, 5.74) is 3.80. The highest BCUT2D eigenvalue weighted by molar-refractivity contribution is 5.52. The molecule has 3 rings (SSSR count). The molecule has 1 aliphatic heterocycles. The summed E-state index contributed by atoms with van der Waals surface area (Å²) in [7, 11) is 0. The molecule has 22 heavy (non-hydrogen) atoms. The molecule has 116 valence electrons. The predicted octanol–water partition coefficient (Wildman–Crippen LogP) is 2.35. The van der Waals surface area contributed by atoms with Gasteiger partial charge in [0.2, 0.25) is 0 Å². The molecule has 1 aromatic heterocycles. The summed E-state index contributed by atoms with van der Waals surface area (Å²) in [4.78, 5) is 11.9. The molecule has 0 radical (unpaired) electrons. The van der Waals surface area contributed by atoms with Gasteiger partial charge in [0, 0.05) is 43.9 Å². The van der Waals surface area contributed by atoms with E-state index in [1.807, 2.05) is 6.92 Å². The Hall–Kier alpha value is -1.94. The zero-order valence-corrected chi connectivity index (χ0v) is 13.5. The first kappa shape index (κ1) is 15.0. The summed E-state index contributed by atoms with van der Waals surface area (Å²) >= 11 is 0. The SMILES string of the molecule is CCc1nc(C)nc(N2CCNCC2)c1Cc1ccccc1. The van der Waals surface area contributed by atoms with Gasteiger partial charge in [0.15, 0.2) is 0 Å². The second-order valence-electron chi connectivity index (χ2n) is 5.77. The van der Waals surface area contributed by atoms with E-state index in [0.717, 1.165) is 50.7 Å². The average molecular weight is 296 g/mol. The normalized spacial score (nSPS) is 15.1. The van der Waals surface area contributed by atoms with Crippen LogP contribution in [0.15, 0.2) is 30.3 Å². The summed E-state index contributed by atoms with van der Waals surface area (Å²) in [6, 6.07) is 10.6. The van der Waals surface area contributed by atoms with Crippen molar-refractivity contribution in [3.63, 3.8) is 0 Å². The highest BCUT2D eigenvalue weighted by Gasteiger charge is 2.19. The summed E-state index contributed by atoms with van der Waals surface area (Å²) < 4.78 is 0. The molecule has 4 nitrogen and oxygen atoms in total. The second-order valence-corrected chi connectivity index (χ2v) is 5.77. The van der Waals surface area contributed by atoms with E-state index in [4.69, 9.17) is 4.98 Å². The number of nitrogens with zero attached hydrogens (tertiary/aromatic N) is 3. The van der Waals surface area contributed by atoms with E-state index in [2.05, 4.69) is 52.5 Å². The number of nitrogens with one attached hydrogen (secondary N) is 1. The molecule has 1 N–H and O–H groups in total. The Morgan fingerprint density at radius 3 is 2.50 bits per heavy atom. The number of aryl methyl sites for hydroxylation is 2. The summed E-state index contributed by atoms with van der Waals surface area (Å²) in [5.74, 6) is 2.01. The lowest BCUT2D eigenvalue weighted by Gasteiger charge is -2.31. The van der Waals surface area contributed by atoms with Crippen LogP contribution in [0.2, 0.25) is 0 Å². The molecule has 1 aromatic carbocycles. The number of rotatable bonds is 4. The fourth-order valence-corrected chi connectivity index (χ4v) is 3.05. The van der Waals surface area contributed by atoms with Crippen LogP contribution in [-0.2, 0) is 12.8 Å². The van der Waals surface area contributed by atoms with E-state index >= 15 is 0 Å². The zero-order valence-electron chi connectivity index (χ0n) is 13.5. The molecule has 2 aromatic rings. The van der Waals surface area contributed by atoms with Crippen molar-refractivity contribution in [2.75, 3.05) is 31.1 Å². The van der Waals surface area contributed by atoms with Crippen molar-refractivity contribution in [1.29, 1.82) is 0 Å². The Morgan fingerprint density at radius 1 is 1.09 bits per heavy atom. The first-order chi connectivity index (χ1) is 10.8. The number of aromatic nitrogens is 2. The van der Waals surface area contributed by atoms with Crippen LogP contribution in [0.3, 0.4) is 0 Å². The monoisotopic (exact) mass is 296 g/mol. The second kappa shape index (κ2) is 6.88. The molecule has 2 heterocycles. The molecule has 0 saturated carbocycles. The highest BCUT2D eigenvalue weighted by atomic mass is 15.2. The fourth-order valence-electron chi connectivity index (χ4n) is 3.05. The van der Waals surface area contributed by atoms with Gasteiger partial charge >= 0.3 is 0 Å². The lowest BCUT2D eigenvalue weighted by Crippen LogP contribution is -2.44. The number of anilines is 1. The van der Waals surface area contributed by atoms with Gasteiger partial charge in [0.25, 0.3) is 0 Å². The molecule has 0 amide bonds. The Labute approximate surface area is 132 Å². The predicted molar refractivity (Wildman–Crippen MR) is 90.5 cm³/mol. The van der Waals surface area contributed by atoms with Crippen LogP contribution in [0.25, 0.3) is 0 Å². The number of benzene rings is 1. The largest absolute Gasteiger partial charge is 0.354 e. The third kappa shape index (κ3) is 3.28. The first-order valence-electron chi connectivity index (χ1n) is 8.14. The van der Waals surface area contributed by atoms with E-state index in [9.17, 15) is 0 Å². The van der Waals surface area contributed by atoms with E-state index in [1.165, 1.54) is 16.8 Å². The van der Waals surface area contributed by atoms with Gasteiger partial charge in [-0.05, 0) is 18.9 Å². The minimum absolute atomic E-state index is 0.877. The maximum atomic E-state index is 4.79. The molecule has 0 bridgehead atoms. The third-order valence-electron chi connectivity index (χ3n) is 4.16. The lowest BCUT2D eigenvalue weighted by molar-refractivity contribution is 0.581. The van der Waals surface area contributed by atoms with Crippen molar-refractivity contribution in [3.8, 4) is 0 Å². The molecule has 0 spiro atoms. The van der Waals surface area contributed by atoms with Crippen LogP contribution in [-0.4, -0.2) is 36.1 Å². The van der Waals surface area contributed by atoms with E-state index in [0.29, 0.717) is 0 Å². The molecule has 0 unspecified atom stereocenters. The quantitative estimate of drug-likeness (QED) is 0.940. The molecular weight excluding hydrogens is 272 g/mol. The van der Waals surface area contributed by atoms with E-state index in [1.54, 1.807) is 0 Å². The molecule has 0 aliphatic carbocycles. The van der Waals surface area contributed by atoms with Crippen LogP contribution in [0.4, 0.5) is 5.82 Å². The van der Waals surface area contributed by atoms with Gasteiger partial charge in [0.1, 0.15) is 11.6 Å². The molecule has 1 aliphatic rings. The summed E-state index contributed by atoms with van der Waals surface area (Å²) in [5, 5.41) is 3.41. The van der Waals surface area contributed by atoms with Gasteiger partial charge in [-0.2, -0.15) is 0 Å². The topological polar surface area (TPSA) is 41.1 Å². The molecule has 1 saturated heterocycles. The van der Waals surface area contributed by atoms with Gasteiger partial charge in [0.05, 0.1) is 0 Å². The van der Waals surface area contributed by atoms with Crippen LogP contribution >= 0.6 is 0 Å². The molecule has 4 heteroatoms. The summed E-state index contributed by atoms with van der Waals surface area (Å²) in [6.07, 6.45) is 1.86. The summed E-state index contributed by atoms with van der Waals surface area (Å²) in [6.45, 7) is 8.25. The van der Waals surface area contributed by atoms with Crippen molar-refractivity contribution in [3.05, 3.63) is 53.0 Å². The van der Waals surface area contributed by atoms with Gasteiger partial charge in [-0.1, -0.05) is 37.3 Å². The average Bonchev–Trinajstić information content (AvgIpc) is 2.57. The van der Waals surface area contributed by atoms with Crippen molar-refractivity contribution < 1.29 is 0 Å². The van der Waals surface area contributed by atoms with Crippen molar-refractivity contribution >= 4 is 5.82 Å². The smallest absolute Gasteiger partial charge is 0.136 e. The maximum Gasteiger partial charge on any atom is 0.136 e. The van der Waals surface area contributed by atoms with Crippen LogP contribution < -0.4 is 10.2 Å². The number of piperazine rings is 1. The van der Waals surface area contributed by atoms with Crippen molar-refractivity contribution in [2.45, 2.75) is 26.7 Å². The fraction of sp³-hybridized carbons (Fsp3) is 0.444. The third-order valence-corrected chi connectivity index (χ3v) is 4.16. The van der Waals surface area contributed by atoms with Crippen LogP contribution in [0.1, 0.15) is 29.6 Å². The Morgan fingerprint density at radius 2 is 1.82 bits per heavy atom. The first-order valence-corrected chi connectivity index (χ1v) is 8.14. The van der Waals surface area contributed by atoms with Crippen molar-refractivity contribution in [1.82, 2.24) is 15.3 Å². The van der Waals surface area contributed by atoms with Gasteiger partial charge in [-0.25, -0.2) is 9.97 Å².